The predicted molar refractivity (Wildman–Crippen MR) is 222 cm³/mol. The van der Waals surface area contributed by atoms with Crippen LogP contribution in [0.2, 0.25) is 10.0 Å². The van der Waals surface area contributed by atoms with Gasteiger partial charge in [-0.05, 0) is 112 Å². The molecule has 0 aliphatic carbocycles. The molecule has 6 rings (SSSR count). The van der Waals surface area contributed by atoms with Crippen LogP contribution in [-0.2, 0) is 22.7 Å². The number of rotatable bonds is 13. The molecule has 53 heavy (non-hydrogen) atoms. The van der Waals surface area contributed by atoms with Crippen molar-refractivity contribution in [3.63, 3.8) is 0 Å². The Hall–Kier alpha value is -3.47. The molecule has 0 spiro atoms. The highest BCUT2D eigenvalue weighted by Crippen LogP contribution is 2.25. The summed E-state index contributed by atoms with van der Waals surface area (Å²) in [4.78, 5) is 25.8. The van der Waals surface area contributed by atoms with E-state index in [1.807, 2.05) is 66.7 Å². The van der Waals surface area contributed by atoms with E-state index in [2.05, 4.69) is 69.6 Å². The van der Waals surface area contributed by atoms with Gasteiger partial charge in [-0.15, -0.1) is 11.6 Å². The zero-order chi connectivity index (χ0) is 37.8. The number of nitrogens with zero attached hydrogens (tertiary/aromatic N) is 1. The summed E-state index contributed by atoms with van der Waals surface area (Å²) in [5, 5.41) is 16.9. The number of benzene rings is 4. The summed E-state index contributed by atoms with van der Waals surface area (Å²) in [7, 11) is 0. The summed E-state index contributed by atoms with van der Waals surface area (Å²) in [6, 6.07) is 32.4. The van der Waals surface area contributed by atoms with Crippen LogP contribution < -0.4 is 26.6 Å². The normalized spacial score (nSPS) is 15.0. The van der Waals surface area contributed by atoms with Crippen LogP contribution in [-0.4, -0.2) is 55.3 Å². The molecule has 2 fully saturated rings. The Morgan fingerprint density at radius 1 is 0.660 bits per heavy atom. The van der Waals surface area contributed by atoms with E-state index in [0.29, 0.717) is 41.1 Å². The number of alkyl halides is 1. The van der Waals surface area contributed by atoms with E-state index < -0.39 is 0 Å². The monoisotopic (exact) mass is 778 g/mol. The maximum absolute atomic E-state index is 12.3. The van der Waals surface area contributed by atoms with E-state index in [1.54, 1.807) is 6.07 Å². The first-order valence-electron chi connectivity index (χ1n) is 18.4. The molecular formula is C42H53Cl3N6O2. The van der Waals surface area contributed by atoms with Crippen LogP contribution in [0.25, 0.3) is 0 Å². The molecule has 0 saturated carbocycles. The number of carbonyl (C=O) groups excluding carboxylic acids is 2. The van der Waals surface area contributed by atoms with E-state index in [0.717, 1.165) is 24.2 Å². The lowest BCUT2D eigenvalue weighted by atomic mass is 10.1. The minimum absolute atomic E-state index is 0.00318. The first kappa shape index (κ1) is 42.3. The van der Waals surface area contributed by atoms with E-state index in [1.165, 1.54) is 49.9 Å². The molecule has 2 aliphatic heterocycles. The Balaban J connectivity index is 0.000000211. The predicted octanol–water partition coefficient (Wildman–Crippen LogP) is 8.96. The molecule has 5 N–H and O–H groups in total. The quantitative estimate of drug-likeness (QED) is 0.0871. The Bertz CT molecular complexity index is 1680. The molecule has 0 unspecified atom stereocenters. The number of hydrogen-bond acceptors (Lipinski definition) is 6. The van der Waals surface area contributed by atoms with Crippen LogP contribution in [0.4, 0.5) is 11.4 Å². The molecule has 8 nitrogen and oxygen atoms in total. The standard InChI is InChI=1S/C21H26ClN3O.C17H18Cl2N2O.C4H9N/c1-16(18-7-3-2-4-8-18)23-14-17-9-10-19(22)20(13-17)24-21(26)15-25-11-5-6-12-25;1-12(14-5-3-2-4-6-14)20-11-13-7-8-15(19)16(9-13)21-17(22)10-18;1-2-4-5-3-1/h2-4,7-10,13,16,23H,5-6,11-12,14-15H2,1H3,(H,24,26);2-9,12,20H,10-11H2,1H3,(H,21,22);5H,1-4H2/t16-;12-;/m11./s1. The summed E-state index contributed by atoms with van der Waals surface area (Å²) in [6.45, 7) is 10.6. The van der Waals surface area contributed by atoms with Gasteiger partial charge in [0.25, 0.3) is 0 Å². The number of nitrogens with one attached hydrogen (secondary N) is 5. The SMILES string of the molecule is C1CCNC1.C[C@@H](NCc1ccc(Cl)c(NC(=O)CCl)c1)c1ccccc1.C[C@@H](NCc1ccc(Cl)c(NC(=O)CN2CCCC2)c1)c1ccccc1. The van der Waals surface area contributed by atoms with Gasteiger partial charge >= 0.3 is 0 Å². The second-order valence-corrected chi connectivity index (χ2v) is 14.4. The van der Waals surface area contributed by atoms with Crippen molar-refractivity contribution in [2.75, 3.05) is 49.2 Å². The van der Waals surface area contributed by atoms with E-state index in [-0.39, 0.29) is 29.8 Å². The van der Waals surface area contributed by atoms with Crippen molar-refractivity contribution < 1.29 is 9.59 Å². The van der Waals surface area contributed by atoms with E-state index in [9.17, 15) is 9.59 Å². The molecular weight excluding hydrogens is 727 g/mol. The highest BCUT2D eigenvalue weighted by atomic mass is 35.5. The van der Waals surface area contributed by atoms with Crippen molar-refractivity contribution in [2.24, 2.45) is 0 Å². The van der Waals surface area contributed by atoms with Gasteiger partial charge in [-0.2, -0.15) is 0 Å². The molecule has 2 amide bonds. The van der Waals surface area contributed by atoms with Crippen LogP contribution in [0.15, 0.2) is 97.1 Å². The maximum Gasteiger partial charge on any atom is 0.239 e. The molecule has 2 heterocycles. The summed E-state index contributed by atoms with van der Waals surface area (Å²) in [5.41, 5.74) is 5.87. The zero-order valence-electron chi connectivity index (χ0n) is 30.8. The number of carbonyl (C=O) groups is 2. The van der Waals surface area contributed by atoms with Crippen LogP contribution >= 0.6 is 34.8 Å². The summed E-state index contributed by atoms with van der Waals surface area (Å²) < 4.78 is 0. The fourth-order valence-corrected chi connectivity index (χ4v) is 6.36. The second kappa shape index (κ2) is 23.3. The Morgan fingerprint density at radius 3 is 1.53 bits per heavy atom. The highest BCUT2D eigenvalue weighted by molar-refractivity contribution is 6.35. The molecule has 2 saturated heterocycles. The number of hydrogen-bond donors (Lipinski definition) is 5. The van der Waals surface area contributed by atoms with Crippen molar-refractivity contribution in [1.82, 2.24) is 20.9 Å². The van der Waals surface area contributed by atoms with Crippen molar-refractivity contribution in [1.29, 1.82) is 0 Å². The van der Waals surface area contributed by atoms with Gasteiger partial charge in [0.05, 0.1) is 28.0 Å². The fraction of sp³-hybridized carbons (Fsp3) is 0.381. The third-order valence-electron chi connectivity index (χ3n) is 9.08. The second-order valence-electron chi connectivity index (χ2n) is 13.3. The topological polar surface area (TPSA) is 97.5 Å². The van der Waals surface area contributed by atoms with Gasteiger partial charge in [0.1, 0.15) is 5.88 Å². The minimum atomic E-state index is -0.272. The van der Waals surface area contributed by atoms with E-state index in [4.69, 9.17) is 34.8 Å². The molecule has 4 aromatic carbocycles. The molecule has 0 aromatic heterocycles. The first-order valence-corrected chi connectivity index (χ1v) is 19.7. The van der Waals surface area contributed by atoms with Crippen molar-refractivity contribution in [2.45, 2.75) is 64.7 Å². The zero-order valence-corrected chi connectivity index (χ0v) is 33.0. The number of likely N-dealkylation sites (tertiary alicyclic amines) is 1. The molecule has 284 valence electrons. The lowest BCUT2D eigenvalue weighted by molar-refractivity contribution is -0.117. The number of halogens is 3. The lowest BCUT2D eigenvalue weighted by Crippen LogP contribution is -2.31. The Morgan fingerprint density at radius 2 is 1.11 bits per heavy atom. The molecule has 4 aromatic rings. The molecule has 0 radical (unpaired) electrons. The number of anilines is 2. The Kier molecular flexibility index (Phi) is 18.6. The van der Waals surface area contributed by atoms with Crippen LogP contribution in [0, 0.1) is 0 Å². The summed E-state index contributed by atoms with van der Waals surface area (Å²) in [5.74, 6) is -0.369. The van der Waals surface area contributed by atoms with Crippen molar-refractivity contribution in [3.8, 4) is 0 Å². The van der Waals surface area contributed by atoms with Gasteiger partial charge in [-0.3, -0.25) is 14.5 Å². The molecule has 2 aliphatic rings. The van der Waals surface area contributed by atoms with Crippen molar-refractivity contribution >= 4 is 58.0 Å². The average Bonchev–Trinajstić information content (AvgIpc) is 3.94. The van der Waals surface area contributed by atoms with Crippen LogP contribution in [0.1, 0.15) is 73.9 Å². The van der Waals surface area contributed by atoms with Gasteiger partial charge in [0.2, 0.25) is 11.8 Å². The smallest absolute Gasteiger partial charge is 0.239 e. The summed E-state index contributed by atoms with van der Waals surface area (Å²) >= 11 is 17.8. The van der Waals surface area contributed by atoms with Gasteiger partial charge in [-0.1, -0.05) is 96.0 Å². The van der Waals surface area contributed by atoms with Crippen LogP contribution in [0.3, 0.4) is 0 Å². The van der Waals surface area contributed by atoms with Gasteiger partial charge < -0.3 is 26.6 Å². The molecule has 2 atom stereocenters. The van der Waals surface area contributed by atoms with Gasteiger partial charge in [-0.25, -0.2) is 0 Å². The largest absolute Gasteiger partial charge is 0.324 e. The number of amides is 2. The highest BCUT2D eigenvalue weighted by Gasteiger charge is 2.16. The maximum atomic E-state index is 12.3. The Labute approximate surface area is 330 Å². The van der Waals surface area contributed by atoms with Gasteiger partial charge in [0.15, 0.2) is 0 Å². The first-order chi connectivity index (χ1) is 25.7. The summed E-state index contributed by atoms with van der Waals surface area (Å²) in [6.07, 6.45) is 5.13. The lowest BCUT2D eigenvalue weighted by Gasteiger charge is -2.17. The minimum Gasteiger partial charge on any atom is -0.324 e. The van der Waals surface area contributed by atoms with Crippen molar-refractivity contribution in [3.05, 3.63) is 129 Å². The third kappa shape index (κ3) is 15.4. The average molecular weight is 780 g/mol. The molecule has 11 heteroatoms. The van der Waals surface area contributed by atoms with Crippen LogP contribution in [0.5, 0.6) is 0 Å². The molecule has 0 bridgehead atoms. The van der Waals surface area contributed by atoms with E-state index >= 15 is 0 Å². The third-order valence-corrected chi connectivity index (χ3v) is 9.98. The van der Waals surface area contributed by atoms with Gasteiger partial charge in [0, 0.05) is 25.2 Å². The fourth-order valence-electron chi connectivity index (χ4n) is 5.96.